The number of hydrogen-bond acceptors (Lipinski definition) is 2. The average molecular weight is 343 g/mol. The fraction of sp³-hybridized carbons (Fsp3) is 0.500. The molecule has 0 N–H and O–H groups in total. The third kappa shape index (κ3) is 3.55. The van der Waals surface area contributed by atoms with Crippen molar-refractivity contribution in [3.8, 4) is 0 Å². The molecule has 1 aromatic carbocycles. The lowest BCUT2D eigenvalue weighted by molar-refractivity contribution is -0.134. The normalized spacial score (nSPS) is 17.9. The lowest BCUT2D eigenvalue weighted by Gasteiger charge is -2.22. The van der Waals surface area contributed by atoms with Crippen molar-refractivity contribution >= 4 is 40.7 Å². The molecule has 1 saturated heterocycles. The van der Waals surface area contributed by atoms with E-state index in [1.807, 2.05) is 0 Å². The summed E-state index contributed by atoms with van der Waals surface area (Å²) in [7, 11) is 1.79. The SMILES string of the molecule is CCCCN(C)C(=O)C1CC(=O)N(c2cccc(Cl)c2Cl)C1. The van der Waals surface area contributed by atoms with Crippen LogP contribution in [0.2, 0.25) is 10.0 Å². The predicted molar refractivity (Wildman–Crippen MR) is 89.5 cm³/mol. The Balaban J connectivity index is 2.11. The van der Waals surface area contributed by atoms with Crippen molar-refractivity contribution < 1.29 is 9.59 Å². The zero-order valence-corrected chi connectivity index (χ0v) is 14.3. The second-order valence-corrected chi connectivity index (χ2v) is 6.38. The molecule has 1 aliphatic rings. The third-order valence-corrected chi connectivity index (χ3v) is 4.73. The smallest absolute Gasteiger partial charge is 0.227 e. The molecule has 1 heterocycles. The molecule has 0 spiro atoms. The molecule has 1 aliphatic heterocycles. The van der Waals surface area contributed by atoms with E-state index >= 15 is 0 Å². The summed E-state index contributed by atoms with van der Waals surface area (Å²) in [5.74, 6) is -0.390. The molecule has 2 rings (SSSR count). The largest absolute Gasteiger partial charge is 0.345 e. The maximum Gasteiger partial charge on any atom is 0.227 e. The number of anilines is 1. The molecule has 22 heavy (non-hydrogen) atoms. The summed E-state index contributed by atoms with van der Waals surface area (Å²) in [4.78, 5) is 27.9. The van der Waals surface area contributed by atoms with E-state index in [0.29, 0.717) is 22.3 Å². The Hall–Kier alpha value is -1.26. The van der Waals surface area contributed by atoms with Crippen molar-refractivity contribution in [2.24, 2.45) is 5.92 Å². The first kappa shape index (κ1) is 17.1. The highest BCUT2D eigenvalue weighted by atomic mass is 35.5. The van der Waals surface area contributed by atoms with Crippen LogP contribution >= 0.6 is 23.2 Å². The average Bonchev–Trinajstić information content (AvgIpc) is 2.88. The summed E-state index contributed by atoms with van der Waals surface area (Å²) < 4.78 is 0. The third-order valence-electron chi connectivity index (χ3n) is 3.92. The molecular weight excluding hydrogens is 323 g/mol. The second kappa shape index (κ2) is 7.34. The minimum absolute atomic E-state index is 0.0162. The predicted octanol–water partition coefficient (Wildman–Crippen LogP) is 3.60. The number of carbonyl (C=O) groups is 2. The number of amides is 2. The topological polar surface area (TPSA) is 40.6 Å². The zero-order chi connectivity index (χ0) is 16.3. The van der Waals surface area contributed by atoms with Crippen molar-refractivity contribution in [2.75, 3.05) is 25.0 Å². The van der Waals surface area contributed by atoms with Crippen LogP contribution in [-0.2, 0) is 9.59 Å². The number of unbranched alkanes of at least 4 members (excludes halogenated alkanes) is 1. The van der Waals surface area contributed by atoms with Crippen LogP contribution in [0, 0.1) is 5.92 Å². The number of carbonyl (C=O) groups excluding carboxylic acids is 2. The highest BCUT2D eigenvalue weighted by molar-refractivity contribution is 6.44. The molecule has 1 aromatic rings. The monoisotopic (exact) mass is 342 g/mol. The fourth-order valence-electron chi connectivity index (χ4n) is 2.62. The van der Waals surface area contributed by atoms with Gasteiger partial charge in [0, 0.05) is 26.6 Å². The van der Waals surface area contributed by atoms with Gasteiger partial charge >= 0.3 is 0 Å². The first-order valence-electron chi connectivity index (χ1n) is 7.45. The summed E-state index contributed by atoms with van der Waals surface area (Å²) in [6.45, 7) is 3.16. The first-order chi connectivity index (χ1) is 10.5. The Labute approximate surface area is 141 Å². The van der Waals surface area contributed by atoms with E-state index in [9.17, 15) is 9.59 Å². The van der Waals surface area contributed by atoms with Gasteiger partial charge in [-0.15, -0.1) is 0 Å². The quantitative estimate of drug-likeness (QED) is 0.820. The molecule has 1 atom stereocenters. The Morgan fingerprint density at radius 2 is 2.14 bits per heavy atom. The Morgan fingerprint density at radius 1 is 1.41 bits per heavy atom. The van der Waals surface area contributed by atoms with Gasteiger partial charge in [0.1, 0.15) is 0 Å². The molecule has 0 radical (unpaired) electrons. The van der Waals surface area contributed by atoms with Crippen LogP contribution in [0.15, 0.2) is 18.2 Å². The van der Waals surface area contributed by atoms with Crippen molar-refractivity contribution in [1.82, 2.24) is 4.90 Å². The van der Waals surface area contributed by atoms with Gasteiger partial charge in [-0.2, -0.15) is 0 Å². The van der Waals surface area contributed by atoms with Crippen LogP contribution in [0.5, 0.6) is 0 Å². The van der Waals surface area contributed by atoms with E-state index in [4.69, 9.17) is 23.2 Å². The van der Waals surface area contributed by atoms with E-state index in [1.165, 1.54) is 0 Å². The van der Waals surface area contributed by atoms with Gasteiger partial charge in [-0.3, -0.25) is 9.59 Å². The van der Waals surface area contributed by atoms with Gasteiger partial charge in [0.25, 0.3) is 0 Å². The zero-order valence-electron chi connectivity index (χ0n) is 12.8. The maximum absolute atomic E-state index is 12.4. The highest BCUT2D eigenvalue weighted by Gasteiger charge is 2.37. The molecule has 0 aliphatic carbocycles. The van der Waals surface area contributed by atoms with Gasteiger partial charge in [0.05, 0.1) is 21.7 Å². The summed E-state index contributed by atoms with van der Waals surface area (Å²) in [6, 6.07) is 5.17. The standard InChI is InChI=1S/C16H20Cl2N2O2/c1-3-4-8-19(2)16(22)11-9-14(21)20(10-11)13-7-5-6-12(17)15(13)18/h5-7,11H,3-4,8-10H2,1-2H3. The summed E-state index contributed by atoms with van der Waals surface area (Å²) in [6.07, 6.45) is 2.22. The van der Waals surface area contributed by atoms with E-state index in [2.05, 4.69) is 6.92 Å². The number of benzene rings is 1. The van der Waals surface area contributed by atoms with Crippen LogP contribution in [0.4, 0.5) is 5.69 Å². The minimum atomic E-state index is -0.315. The van der Waals surface area contributed by atoms with E-state index < -0.39 is 0 Å². The van der Waals surface area contributed by atoms with E-state index in [-0.39, 0.29) is 24.2 Å². The van der Waals surface area contributed by atoms with Gasteiger partial charge in [-0.05, 0) is 18.6 Å². The van der Waals surface area contributed by atoms with E-state index in [1.54, 1.807) is 35.0 Å². The van der Waals surface area contributed by atoms with Crippen LogP contribution in [0.1, 0.15) is 26.2 Å². The molecule has 2 amide bonds. The van der Waals surface area contributed by atoms with Crippen molar-refractivity contribution in [3.05, 3.63) is 28.2 Å². The summed E-state index contributed by atoms with van der Waals surface area (Å²) >= 11 is 12.2. The lowest BCUT2D eigenvalue weighted by atomic mass is 10.1. The number of nitrogens with zero attached hydrogens (tertiary/aromatic N) is 2. The Kier molecular flexibility index (Phi) is 5.70. The molecule has 1 fully saturated rings. The van der Waals surface area contributed by atoms with Gasteiger partial charge in [-0.1, -0.05) is 42.6 Å². The molecule has 0 saturated carbocycles. The van der Waals surface area contributed by atoms with Gasteiger partial charge in [0.15, 0.2) is 0 Å². The lowest BCUT2D eigenvalue weighted by Crippen LogP contribution is -2.35. The second-order valence-electron chi connectivity index (χ2n) is 5.59. The molecular formula is C16H20Cl2N2O2. The van der Waals surface area contributed by atoms with Crippen LogP contribution in [0.3, 0.4) is 0 Å². The molecule has 4 nitrogen and oxygen atoms in total. The Morgan fingerprint density at radius 3 is 2.82 bits per heavy atom. The maximum atomic E-state index is 12.4. The first-order valence-corrected chi connectivity index (χ1v) is 8.20. The molecule has 120 valence electrons. The molecule has 0 bridgehead atoms. The van der Waals surface area contributed by atoms with Crippen molar-refractivity contribution in [1.29, 1.82) is 0 Å². The van der Waals surface area contributed by atoms with Gasteiger partial charge in [0.2, 0.25) is 11.8 Å². The number of hydrogen-bond donors (Lipinski definition) is 0. The van der Waals surface area contributed by atoms with Crippen molar-refractivity contribution in [3.63, 3.8) is 0 Å². The molecule has 6 heteroatoms. The van der Waals surface area contributed by atoms with Crippen LogP contribution in [-0.4, -0.2) is 36.9 Å². The number of rotatable bonds is 5. The summed E-state index contributed by atoms with van der Waals surface area (Å²) in [5.41, 5.74) is 0.575. The number of halogens is 2. The fourth-order valence-corrected chi connectivity index (χ4v) is 3.02. The summed E-state index contributed by atoms with van der Waals surface area (Å²) in [5, 5.41) is 0.756. The molecule has 0 aromatic heterocycles. The van der Waals surface area contributed by atoms with Crippen LogP contribution in [0.25, 0.3) is 0 Å². The Bertz CT molecular complexity index is 577. The van der Waals surface area contributed by atoms with Crippen molar-refractivity contribution in [2.45, 2.75) is 26.2 Å². The molecule has 1 unspecified atom stereocenters. The van der Waals surface area contributed by atoms with Gasteiger partial charge in [-0.25, -0.2) is 0 Å². The van der Waals surface area contributed by atoms with Crippen LogP contribution < -0.4 is 4.90 Å². The van der Waals surface area contributed by atoms with E-state index in [0.717, 1.165) is 19.4 Å². The minimum Gasteiger partial charge on any atom is -0.345 e. The van der Waals surface area contributed by atoms with Gasteiger partial charge < -0.3 is 9.80 Å². The highest BCUT2D eigenvalue weighted by Crippen LogP contribution is 2.35.